The van der Waals surface area contributed by atoms with Gasteiger partial charge in [-0.3, -0.25) is 0 Å². The van der Waals surface area contributed by atoms with E-state index in [-0.39, 0.29) is 6.61 Å². The van der Waals surface area contributed by atoms with Crippen molar-refractivity contribution in [2.75, 3.05) is 19.8 Å². The van der Waals surface area contributed by atoms with Crippen molar-refractivity contribution in [2.45, 2.75) is 122 Å². The Kier molecular flexibility index (Phi) is 21.0. The van der Waals surface area contributed by atoms with E-state index >= 15 is 0 Å². The summed E-state index contributed by atoms with van der Waals surface area (Å²) in [6.07, 6.45) is 18.4. The predicted octanol–water partition coefficient (Wildman–Crippen LogP) is 4.98. The highest BCUT2D eigenvalue weighted by Gasteiger charge is 2.13. The topological polar surface area (TPSA) is 69.9 Å². The fourth-order valence-corrected chi connectivity index (χ4v) is 3.21. The van der Waals surface area contributed by atoms with Gasteiger partial charge in [-0.2, -0.15) is 0 Å². The van der Waals surface area contributed by atoms with Crippen molar-refractivity contribution in [1.82, 2.24) is 0 Å². The number of ether oxygens (including phenoxy) is 1. The van der Waals surface area contributed by atoms with Crippen LogP contribution < -0.4 is 0 Å². The summed E-state index contributed by atoms with van der Waals surface area (Å²) in [5.41, 5.74) is 0. The zero-order chi connectivity index (χ0) is 19.3. The quantitative estimate of drug-likeness (QED) is 0.248. The molecule has 0 saturated carbocycles. The lowest BCUT2D eigenvalue weighted by molar-refractivity contribution is -0.0216. The molecule has 2 unspecified atom stereocenters. The van der Waals surface area contributed by atoms with E-state index in [2.05, 4.69) is 6.92 Å². The third-order valence-corrected chi connectivity index (χ3v) is 5.06. The van der Waals surface area contributed by atoms with E-state index in [1.54, 1.807) is 0 Å². The summed E-state index contributed by atoms with van der Waals surface area (Å²) in [7, 11) is 0. The standard InChI is InChI=1S/C22H46O4/c1-2-3-4-5-6-7-8-9-10-11-12-13-14-15-18-26-19-16-17-21(24)22(25)20-23/h21-25H,2-20H2,1H3. The predicted molar refractivity (Wildman–Crippen MR) is 109 cm³/mol. The zero-order valence-electron chi connectivity index (χ0n) is 17.3. The van der Waals surface area contributed by atoms with Crippen LogP contribution in [0.25, 0.3) is 0 Å². The first-order valence-corrected chi connectivity index (χ1v) is 11.3. The Morgan fingerprint density at radius 2 is 1.00 bits per heavy atom. The average Bonchev–Trinajstić information content (AvgIpc) is 2.66. The molecule has 0 aromatic rings. The number of hydrogen-bond donors (Lipinski definition) is 3. The summed E-state index contributed by atoms with van der Waals surface area (Å²) >= 11 is 0. The maximum atomic E-state index is 9.49. The molecule has 0 aromatic carbocycles. The molecule has 0 bridgehead atoms. The van der Waals surface area contributed by atoms with E-state index in [9.17, 15) is 10.2 Å². The molecule has 0 aliphatic carbocycles. The first kappa shape index (κ1) is 25.8. The van der Waals surface area contributed by atoms with Crippen LogP contribution in [0.5, 0.6) is 0 Å². The molecule has 0 aromatic heterocycles. The summed E-state index contributed by atoms with van der Waals surface area (Å²) in [6, 6.07) is 0. The molecule has 0 aliphatic rings. The Morgan fingerprint density at radius 1 is 0.577 bits per heavy atom. The van der Waals surface area contributed by atoms with E-state index in [0.717, 1.165) is 19.4 Å². The van der Waals surface area contributed by atoms with Crippen LogP contribution in [0, 0.1) is 0 Å². The van der Waals surface area contributed by atoms with Crippen molar-refractivity contribution >= 4 is 0 Å². The fourth-order valence-electron chi connectivity index (χ4n) is 3.21. The molecule has 0 spiro atoms. The Bertz CT molecular complexity index is 261. The minimum absolute atomic E-state index is 0.388. The third kappa shape index (κ3) is 18.6. The Labute approximate surface area is 162 Å². The molecule has 0 amide bonds. The van der Waals surface area contributed by atoms with Crippen LogP contribution in [0.1, 0.15) is 110 Å². The van der Waals surface area contributed by atoms with Gasteiger partial charge < -0.3 is 20.1 Å². The van der Waals surface area contributed by atoms with Crippen LogP contribution in [-0.2, 0) is 4.74 Å². The van der Waals surface area contributed by atoms with Crippen LogP contribution in [0.4, 0.5) is 0 Å². The second kappa shape index (κ2) is 21.1. The molecule has 0 fully saturated rings. The average molecular weight is 375 g/mol. The lowest BCUT2D eigenvalue weighted by atomic mass is 10.0. The van der Waals surface area contributed by atoms with Gasteiger partial charge in [0.15, 0.2) is 0 Å². The van der Waals surface area contributed by atoms with Crippen molar-refractivity contribution < 1.29 is 20.1 Å². The van der Waals surface area contributed by atoms with Gasteiger partial charge in [-0.25, -0.2) is 0 Å². The second-order valence-corrected chi connectivity index (χ2v) is 7.67. The Balaban J connectivity index is 3.07. The summed E-state index contributed by atoms with van der Waals surface area (Å²) in [4.78, 5) is 0. The van der Waals surface area contributed by atoms with Crippen molar-refractivity contribution in [3.63, 3.8) is 0 Å². The molecular formula is C22H46O4. The van der Waals surface area contributed by atoms with Crippen LogP contribution in [0.3, 0.4) is 0 Å². The summed E-state index contributed by atoms with van der Waals surface area (Å²) in [6.45, 7) is 3.29. The van der Waals surface area contributed by atoms with Gasteiger partial charge in [0.05, 0.1) is 12.7 Å². The van der Waals surface area contributed by atoms with Gasteiger partial charge in [-0.05, 0) is 19.3 Å². The molecule has 2 atom stereocenters. The molecule has 0 rings (SSSR count). The molecule has 4 heteroatoms. The van der Waals surface area contributed by atoms with E-state index in [0.29, 0.717) is 13.0 Å². The van der Waals surface area contributed by atoms with Gasteiger partial charge in [0.1, 0.15) is 6.10 Å². The smallest absolute Gasteiger partial charge is 0.103 e. The molecule has 3 N–H and O–H groups in total. The number of hydrogen-bond acceptors (Lipinski definition) is 4. The molecule has 158 valence electrons. The second-order valence-electron chi connectivity index (χ2n) is 7.67. The highest BCUT2D eigenvalue weighted by atomic mass is 16.5. The van der Waals surface area contributed by atoms with E-state index in [4.69, 9.17) is 9.84 Å². The summed E-state index contributed by atoms with van der Waals surface area (Å²) in [5, 5.41) is 27.4. The SMILES string of the molecule is CCCCCCCCCCCCCCCCOCCCC(O)C(O)CO. The first-order chi connectivity index (χ1) is 12.7. The monoisotopic (exact) mass is 374 g/mol. The van der Waals surface area contributed by atoms with Crippen molar-refractivity contribution in [3.8, 4) is 0 Å². The third-order valence-electron chi connectivity index (χ3n) is 5.06. The molecule has 4 nitrogen and oxygen atoms in total. The van der Waals surface area contributed by atoms with Crippen LogP contribution in [0.2, 0.25) is 0 Å². The number of rotatable bonds is 21. The maximum absolute atomic E-state index is 9.49. The molecule has 0 saturated heterocycles. The molecular weight excluding hydrogens is 328 g/mol. The summed E-state index contributed by atoms with van der Waals surface area (Å²) in [5.74, 6) is 0. The normalized spacial score (nSPS) is 13.8. The van der Waals surface area contributed by atoms with Gasteiger partial charge in [0.2, 0.25) is 0 Å². The van der Waals surface area contributed by atoms with E-state index < -0.39 is 12.2 Å². The fraction of sp³-hybridized carbons (Fsp3) is 1.00. The lowest BCUT2D eigenvalue weighted by Gasteiger charge is -2.15. The highest BCUT2D eigenvalue weighted by Crippen LogP contribution is 2.13. The number of aliphatic hydroxyl groups is 3. The molecule has 0 radical (unpaired) electrons. The highest BCUT2D eigenvalue weighted by molar-refractivity contribution is 4.65. The van der Waals surface area contributed by atoms with E-state index in [1.165, 1.54) is 83.5 Å². The minimum atomic E-state index is -1.03. The zero-order valence-corrected chi connectivity index (χ0v) is 17.3. The largest absolute Gasteiger partial charge is 0.394 e. The van der Waals surface area contributed by atoms with Crippen molar-refractivity contribution in [1.29, 1.82) is 0 Å². The minimum Gasteiger partial charge on any atom is -0.394 e. The first-order valence-electron chi connectivity index (χ1n) is 11.3. The van der Waals surface area contributed by atoms with Crippen molar-refractivity contribution in [2.24, 2.45) is 0 Å². The summed E-state index contributed by atoms with van der Waals surface area (Å²) < 4.78 is 5.55. The van der Waals surface area contributed by atoms with E-state index in [1.807, 2.05) is 0 Å². The number of aliphatic hydroxyl groups excluding tert-OH is 3. The molecule has 26 heavy (non-hydrogen) atoms. The van der Waals surface area contributed by atoms with Crippen LogP contribution in [-0.4, -0.2) is 47.3 Å². The lowest BCUT2D eigenvalue weighted by Crippen LogP contribution is -2.29. The molecule has 0 heterocycles. The molecule has 0 aliphatic heterocycles. The van der Waals surface area contributed by atoms with Crippen LogP contribution >= 0.6 is 0 Å². The van der Waals surface area contributed by atoms with Gasteiger partial charge in [-0.15, -0.1) is 0 Å². The Hall–Kier alpha value is -0.160. The number of unbranched alkanes of at least 4 members (excludes halogenated alkanes) is 13. The van der Waals surface area contributed by atoms with Gasteiger partial charge in [0.25, 0.3) is 0 Å². The maximum Gasteiger partial charge on any atom is 0.103 e. The van der Waals surface area contributed by atoms with Gasteiger partial charge >= 0.3 is 0 Å². The van der Waals surface area contributed by atoms with Crippen molar-refractivity contribution in [3.05, 3.63) is 0 Å². The van der Waals surface area contributed by atoms with Crippen LogP contribution in [0.15, 0.2) is 0 Å². The Morgan fingerprint density at radius 3 is 1.46 bits per heavy atom. The van der Waals surface area contributed by atoms with Gasteiger partial charge in [-0.1, -0.05) is 90.4 Å². The van der Waals surface area contributed by atoms with Gasteiger partial charge in [0, 0.05) is 13.2 Å².